The minimum absolute atomic E-state index is 0.0382. The Balaban J connectivity index is 1.47. The van der Waals surface area contributed by atoms with Gasteiger partial charge in [0.1, 0.15) is 5.75 Å². The van der Waals surface area contributed by atoms with Gasteiger partial charge in [0.25, 0.3) is 0 Å². The molecule has 25 heavy (non-hydrogen) atoms. The number of fused-ring (bicyclic) bond motifs is 1. The van der Waals surface area contributed by atoms with Crippen molar-refractivity contribution in [3.05, 3.63) is 45.2 Å². The molecule has 7 heteroatoms. The van der Waals surface area contributed by atoms with Crippen LogP contribution >= 0.6 is 23.2 Å². The Morgan fingerprint density at radius 1 is 1.28 bits per heavy atom. The minimum Gasteiger partial charge on any atom is -0.508 e. The van der Waals surface area contributed by atoms with E-state index in [4.69, 9.17) is 23.2 Å². The van der Waals surface area contributed by atoms with Crippen LogP contribution in [0.25, 0.3) is 0 Å². The van der Waals surface area contributed by atoms with E-state index in [0.29, 0.717) is 16.5 Å². The van der Waals surface area contributed by atoms with Crippen molar-refractivity contribution in [1.29, 1.82) is 0 Å². The number of aromatic amines is 1. The van der Waals surface area contributed by atoms with E-state index in [-0.39, 0.29) is 23.6 Å². The van der Waals surface area contributed by atoms with Crippen molar-refractivity contribution < 1.29 is 9.90 Å². The summed E-state index contributed by atoms with van der Waals surface area (Å²) in [6.07, 6.45) is 5.96. The number of phenolic OH excluding ortho intramolecular Hbond substituents is 1. The molecule has 1 aromatic heterocycles. The molecule has 1 fully saturated rings. The van der Waals surface area contributed by atoms with Gasteiger partial charge in [-0.3, -0.25) is 9.89 Å². The van der Waals surface area contributed by atoms with Crippen molar-refractivity contribution in [2.45, 2.75) is 38.1 Å². The number of aryl methyl sites for hydroxylation is 1. The molecule has 0 radical (unpaired) electrons. The van der Waals surface area contributed by atoms with E-state index in [9.17, 15) is 9.90 Å². The second kappa shape index (κ2) is 6.54. The van der Waals surface area contributed by atoms with Crippen molar-refractivity contribution in [2.24, 2.45) is 5.92 Å². The van der Waals surface area contributed by atoms with Gasteiger partial charge < -0.3 is 10.0 Å². The number of benzene rings is 1. The predicted molar refractivity (Wildman–Crippen MR) is 96.1 cm³/mol. The van der Waals surface area contributed by atoms with Gasteiger partial charge in [-0.1, -0.05) is 23.2 Å². The van der Waals surface area contributed by atoms with Crippen LogP contribution < -0.4 is 0 Å². The molecule has 0 spiro atoms. The molecule has 0 saturated carbocycles. The second-order valence-corrected chi connectivity index (χ2v) is 7.69. The molecule has 2 heterocycles. The Hall–Kier alpha value is -1.72. The van der Waals surface area contributed by atoms with Crippen molar-refractivity contribution in [3.8, 4) is 5.75 Å². The van der Waals surface area contributed by atoms with E-state index in [2.05, 4.69) is 10.2 Å². The van der Waals surface area contributed by atoms with E-state index in [0.717, 1.165) is 37.8 Å². The van der Waals surface area contributed by atoms with Crippen LogP contribution in [0.1, 0.15) is 29.7 Å². The van der Waals surface area contributed by atoms with Gasteiger partial charge in [-0.15, -0.1) is 0 Å². The molecule has 1 aliphatic carbocycles. The Morgan fingerprint density at radius 2 is 2.04 bits per heavy atom. The second-order valence-electron chi connectivity index (χ2n) is 6.88. The smallest absolute Gasteiger partial charge is 0.226 e. The quantitative estimate of drug-likeness (QED) is 0.858. The zero-order chi connectivity index (χ0) is 17.6. The average molecular weight is 380 g/mol. The lowest BCUT2D eigenvalue weighted by Gasteiger charge is -2.31. The standard InChI is InChI=1S/C18H19Cl2N3O2/c19-15-7-13(24)8-16(20)14(15)6-10-3-4-23(18(10)25)12-1-2-17-11(5-12)9-21-22-17/h7-10,12,24H,1-6H2,(H,21,22)/t10-,12?/m0/s1. The fraction of sp³-hybridized carbons (Fsp3) is 0.444. The Kier molecular flexibility index (Phi) is 4.38. The lowest BCUT2D eigenvalue weighted by molar-refractivity contribution is -0.133. The summed E-state index contributed by atoms with van der Waals surface area (Å²) < 4.78 is 0. The van der Waals surface area contributed by atoms with Gasteiger partial charge in [0, 0.05) is 34.2 Å². The first-order valence-corrected chi connectivity index (χ1v) is 9.27. The third kappa shape index (κ3) is 3.11. The van der Waals surface area contributed by atoms with Crippen LogP contribution in [0.2, 0.25) is 10.0 Å². The summed E-state index contributed by atoms with van der Waals surface area (Å²) in [5.74, 6) is 0.110. The van der Waals surface area contributed by atoms with Crippen LogP contribution in [0.5, 0.6) is 5.75 Å². The average Bonchev–Trinajstić information content (AvgIpc) is 3.17. The summed E-state index contributed by atoms with van der Waals surface area (Å²) in [5, 5.41) is 17.5. The van der Waals surface area contributed by atoms with E-state index in [1.165, 1.54) is 23.4 Å². The first-order chi connectivity index (χ1) is 12.0. The van der Waals surface area contributed by atoms with Crippen LogP contribution in [-0.2, 0) is 24.1 Å². The van der Waals surface area contributed by atoms with Gasteiger partial charge in [-0.05, 0) is 55.4 Å². The van der Waals surface area contributed by atoms with E-state index >= 15 is 0 Å². The summed E-state index contributed by atoms with van der Waals surface area (Å²) in [4.78, 5) is 14.9. The molecule has 2 atom stereocenters. The molecule has 0 bridgehead atoms. The minimum atomic E-state index is -0.106. The maximum atomic E-state index is 12.9. The maximum absolute atomic E-state index is 12.9. The highest BCUT2D eigenvalue weighted by atomic mass is 35.5. The fourth-order valence-electron chi connectivity index (χ4n) is 4.01. The molecule has 1 saturated heterocycles. The van der Waals surface area contributed by atoms with Gasteiger partial charge in [-0.2, -0.15) is 5.10 Å². The Morgan fingerprint density at radius 3 is 2.80 bits per heavy atom. The maximum Gasteiger partial charge on any atom is 0.226 e. The molecule has 5 nitrogen and oxygen atoms in total. The molecule has 2 aromatic rings. The number of aromatic hydroxyl groups is 1. The number of likely N-dealkylation sites (tertiary alicyclic amines) is 1. The first kappa shape index (κ1) is 16.7. The number of hydrogen-bond donors (Lipinski definition) is 2. The molecule has 1 aliphatic heterocycles. The van der Waals surface area contributed by atoms with Crippen LogP contribution in [0.3, 0.4) is 0 Å². The SMILES string of the molecule is O=C1[C@H](Cc2c(Cl)cc(O)cc2Cl)CCN1C1CCc2[nH]ncc2C1. The van der Waals surface area contributed by atoms with E-state index in [1.807, 2.05) is 11.1 Å². The van der Waals surface area contributed by atoms with Gasteiger partial charge >= 0.3 is 0 Å². The van der Waals surface area contributed by atoms with Gasteiger partial charge in [0.2, 0.25) is 5.91 Å². The highest BCUT2D eigenvalue weighted by Crippen LogP contribution is 2.35. The summed E-state index contributed by atoms with van der Waals surface area (Å²) in [7, 11) is 0. The van der Waals surface area contributed by atoms with Gasteiger partial charge in [0.05, 0.1) is 6.20 Å². The van der Waals surface area contributed by atoms with E-state index < -0.39 is 0 Å². The van der Waals surface area contributed by atoms with Gasteiger partial charge in [-0.25, -0.2) is 0 Å². The first-order valence-electron chi connectivity index (χ1n) is 8.51. The number of aromatic nitrogens is 2. The number of nitrogens with one attached hydrogen (secondary N) is 1. The van der Waals surface area contributed by atoms with Crippen LogP contribution in [0, 0.1) is 5.92 Å². The number of halogens is 2. The third-order valence-corrected chi connectivity index (χ3v) is 6.03. The predicted octanol–water partition coefficient (Wildman–Crippen LogP) is 3.37. The molecule has 132 valence electrons. The van der Waals surface area contributed by atoms with Gasteiger partial charge in [0.15, 0.2) is 0 Å². The molecule has 4 rings (SSSR count). The lowest BCUT2D eigenvalue weighted by atomic mass is 9.92. The normalized spacial score (nSPS) is 23.1. The number of amides is 1. The third-order valence-electron chi connectivity index (χ3n) is 5.36. The molecule has 1 amide bonds. The number of hydrogen-bond acceptors (Lipinski definition) is 3. The topological polar surface area (TPSA) is 69.2 Å². The summed E-state index contributed by atoms with van der Waals surface area (Å²) in [6, 6.07) is 3.19. The number of phenols is 1. The van der Waals surface area contributed by atoms with Crippen molar-refractivity contribution in [3.63, 3.8) is 0 Å². The fourth-order valence-corrected chi connectivity index (χ4v) is 4.64. The van der Waals surface area contributed by atoms with Crippen molar-refractivity contribution in [2.75, 3.05) is 6.54 Å². The summed E-state index contributed by atoms with van der Waals surface area (Å²) in [6.45, 7) is 0.772. The number of carbonyl (C=O) groups is 1. The number of H-pyrrole nitrogens is 1. The molecule has 2 aliphatic rings. The molecule has 1 unspecified atom stereocenters. The largest absolute Gasteiger partial charge is 0.508 e. The van der Waals surface area contributed by atoms with Crippen LogP contribution in [0.4, 0.5) is 0 Å². The van der Waals surface area contributed by atoms with Crippen molar-refractivity contribution in [1.82, 2.24) is 15.1 Å². The number of rotatable bonds is 3. The van der Waals surface area contributed by atoms with Crippen LogP contribution in [-0.4, -0.2) is 38.7 Å². The summed E-state index contributed by atoms with van der Waals surface area (Å²) in [5.41, 5.74) is 3.15. The monoisotopic (exact) mass is 379 g/mol. The number of carbonyl (C=O) groups excluding carboxylic acids is 1. The van der Waals surface area contributed by atoms with E-state index in [1.54, 1.807) is 0 Å². The molecular formula is C18H19Cl2N3O2. The molecule has 1 aromatic carbocycles. The highest BCUT2D eigenvalue weighted by Gasteiger charge is 2.37. The zero-order valence-corrected chi connectivity index (χ0v) is 15.1. The summed E-state index contributed by atoms with van der Waals surface area (Å²) >= 11 is 12.4. The Bertz CT molecular complexity index is 797. The van der Waals surface area contributed by atoms with Crippen LogP contribution in [0.15, 0.2) is 18.3 Å². The molecule has 2 N–H and O–H groups in total. The molecular weight excluding hydrogens is 361 g/mol. The highest BCUT2D eigenvalue weighted by molar-refractivity contribution is 6.36. The van der Waals surface area contributed by atoms with Crippen molar-refractivity contribution >= 4 is 29.1 Å². The zero-order valence-electron chi connectivity index (χ0n) is 13.6. The number of nitrogens with zero attached hydrogens (tertiary/aromatic N) is 2. The lowest BCUT2D eigenvalue weighted by Crippen LogP contribution is -2.41. The Labute approximate surface area is 155 Å².